The monoisotopic (exact) mass is 672 g/mol. The van der Waals surface area contributed by atoms with Crippen LogP contribution in [0.1, 0.15) is 32.1 Å². The van der Waals surface area contributed by atoms with Crippen molar-refractivity contribution in [3.05, 3.63) is 53.8 Å². The third-order valence-corrected chi connectivity index (χ3v) is 12.8. The maximum Gasteiger partial charge on any atom is 0.319 e. The second-order valence-electron chi connectivity index (χ2n) is 13.0. The van der Waals surface area contributed by atoms with Crippen molar-refractivity contribution in [2.75, 3.05) is 50.0 Å². The third kappa shape index (κ3) is 4.81. The van der Waals surface area contributed by atoms with Crippen molar-refractivity contribution in [3.63, 3.8) is 0 Å². The second-order valence-corrected chi connectivity index (χ2v) is 15.4. The number of nitrogens with zero attached hydrogens (tertiary/aromatic N) is 4. The van der Waals surface area contributed by atoms with E-state index in [1.165, 1.54) is 24.3 Å². The van der Waals surface area contributed by atoms with Crippen LogP contribution in [0, 0.1) is 17.5 Å². The molecule has 4 aliphatic rings. The van der Waals surface area contributed by atoms with E-state index in [0.717, 1.165) is 25.5 Å². The largest absolute Gasteiger partial charge is 0.508 e. The van der Waals surface area contributed by atoms with Gasteiger partial charge in [-0.3, -0.25) is 4.90 Å². The molecule has 4 fully saturated rings. The van der Waals surface area contributed by atoms with Crippen LogP contribution in [0.2, 0.25) is 0 Å². The fourth-order valence-electron chi connectivity index (χ4n) is 8.01. The van der Waals surface area contributed by atoms with Crippen molar-refractivity contribution in [2.24, 2.45) is 0 Å². The maximum absolute atomic E-state index is 16.7. The van der Waals surface area contributed by atoms with E-state index in [-0.39, 0.29) is 84.1 Å². The minimum absolute atomic E-state index is 0.0395. The van der Waals surface area contributed by atoms with Gasteiger partial charge < -0.3 is 19.5 Å². The molecule has 1 spiro atoms. The lowest BCUT2D eigenvalue weighted by Gasteiger charge is -2.38. The highest BCUT2D eigenvalue weighted by Gasteiger charge is 2.51. The summed E-state index contributed by atoms with van der Waals surface area (Å²) in [5, 5.41) is 10.7. The minimum Gasteiger partial charge on any atom is -0.508 e. The van der Waals surface area contributed by atoms with Crippen LogP contribution in [-0.4, -0.2) is 90.2 Å². The molecule has 8 rings (SSSR count). The second kappa shape index (κ2) is 10.9. The molecule has 0 radical (unpaired) electrons. The highest BCUT2D eigenvalue weighted by atomic mass is 32.2. The van der Waals surface area contributed by atoms with Crippen LogP contribution in [0.25, 0.3) is 32.8 Å². The number of hydrogen-bond donors (Lipinski definition) is 1. The van der Waals surface area contributed by atoms with Crippen molar-refractivity contribution in [3.8, 4) is 22.9 Å². The van der Waals surface area contributed by atoms with Gasteiger partial charge in [0.25, 0.3) is 0 Å². The number of piperidine rings is 1. The van der Waals surface area contributed by atoms with E-state index in [9.17, 15) is 22.3 Å². The van der Waals surface area contributed by atoms with Crippen molar-refractivity contribution in [1.29, 1.82) is 0 Å². The van der Waals surface area contributed by atoms with Gasteiger partial charge in [-0.1, -0.05) is 12.1 Å². The number of phenolic OH excluding ortho intramolecular Hbond substituents is 1. The van der Waals surface area contributed by atoms with Crippen molar-refractivity contribution in [2.45, 2.75) is 48.7 Å². The molecule has 248 valence electrons. The number of anilines is 1. The van der Waals surface area contributed by atoms with Crippen LogP contribution in [0.5, 0.6) is 11.8 Å². The van der Waals surface area contributed by atoms with Gasteiger partial charge in [-0.2, -0.15) is 9.97 Å². The van der Waals surface area contributed by atoms with Gasteiger partial charge in [0.15, 0.2) is 32.2 Å². The van der Waals surface area contributed by atoms with Crippen LogP contribution in [0.15, 0.2) is 36.4 Å². The van der Waals surface area contributed by atoms with E-state index in [1.54, 1.807) is 6.07 Å². The average molecular weight is 673 g/mol. The number of rotatable bonds is 5. The first-order valence-electron chi connectivity index (χ1n) is 15.7. The lowest BCUT2D eigenvalue weighted by atomic mass is 9.95. The first-order valence-corrected chi connectivity index (χ1v) is 17.4. The highest BCUT2D eigenvalue weighted by Crippen LogP contribution is 2.43. The molecular weight excluding hydrogens is 640 g/mol. The van der Waals surface area contributed by atoms with E-state index in [2.05, 4.69) is 14.9 Å². The smallest absolute Gasteiger partial charge is 0.319 e. The van der Waals surface area contributed by atoms with Crippen molar-refractivity contribution in [1.82, 2.24) is 14.9 Å². The Hall–Kier alpha value is -3.75. The molecule has 0 saturated carbocycles. The van der Waals surface area contributed by atoms with Crippen LogP contribution < -0.4 is 9.64 Å². The van der Waals surface area contributed by atoms with Gasteiger partial charge in [0.05, 0.1) is 17.9 Å². The number of benzene rings is 3. The van der Waals surface area contributed by atoms with Crippen LogP contribution >= 0.6 is 0 Å². The summed E-state index contributed by atoms with van der Waals surface area (Å²) in [6.07, 6.45) is 1.33. The zero-order valence-electron chi connectivity index (χ0n) is 25.3. The number of ether oxygens (including phenoxy) is 2. The lowest BCUT2D eigenvalue weighted by molar-refractivity contribution is 0.0285. The quantitative estimate of drug-likeness (QED) is 0.284. The van der Waals surface area contributed by atoms with Crippen molar-refractivity contribution >= 4 is 37.3 Å². The normalized spacial score (nSPS) is 25.3. The van der Waals surface area contributed by atoms with Gasteiger partial charge in [-0.15, -0.1) is 0 Å². The molecule has 0 bridgehead atoms. The number of aromatic hydroxyl groups is 1. The maximum atomic E-state index is 16.7. The predicted octanol–water partition coefficient (Wildman–Crippen LogP) is 5.27. The molecule has 2 atom stereocenters. The molecule has 0 unspecified atom stereocenters. The van der Waals surface area contributed by atoms with Gasteiger partial charge in [0.2, 0.25) is 0 Å². The first kappa shape index (κ1) is 30.6. The molecule has 5 heterocycles. The molecule has 4 aromatic rings. The van der Waals surface area contributed by atoms with Crippen LogP contribution in [-0.2, 0) is 14.6 Å². The van der Waals surface area contributed by atoms with E-state index in [4.69, 9.17) is 9.47 Å². The van der Waals surface area contributed by atoms with E-state index < -0.39 is 43.9 Å². The number of sulfone groups is 1. The molecule has 3 aromatic carbocycles. The Balaban J connectivity index is 1.24. The molecule has 47 heavy (non-hydrogen) atoms. The summed E-state index contributed by atoms with van der Waals surface area (Å²) in [4.78, 5) is 11.8. The molecule has 9 nitrogen and oxygen atoms in total. The Bertz CT molecular complexity index is 2040. The van der Waals surface area contributed by atoms with Gasteiger partial charge in [-0.25, -0.2) is 26.0 Å². The topological polar surface area (TPSA) is 105 Å². The number of aromatic nitrogens is 2. The number of phenols is 1. The predicted molar refractivity (Wildman–Crippen MR) is 166 cm³/mol. The summed E-state index contributed by atoms with van der Waals surface area (Å²) < 4.78 is 98.2. The zero-order valence-corrected chi connectivity index (χ0v) is 26.1. The molecule has 4 aliphatic heterocycles. The Morgan fingerprint density at radius 2 is 1.81 bits per heavy atom. The number of fused-ring (bicyclic) bond motifs is 3. The van der Waals surface area contributed by atoms with E-state index >= 15 is 8.78 Å². The summed E-state index contributed by atoms with van der Waals surface area (Å²) in [6, 6.07) is 7.49. The average Bonchev–Trinajstić information content (AvgIpc) is 3.66. The molecule has 1 aromatic heterocycles. The van der Waals surface area contributed by atoms with Gasteiger partial charge in [0.1, 0.15) is 29.9 Å². The Labute approximate surface area is 268 Å². The van der Waals surface area contributed by atoms with Crippen LogP contribution in [0.3, 0.4) is 0 Å². The summed E-state index contributed by atoms with van der Waals surface area (Å²) in [7, 11) is -3.45. The molecule has 14 heteroatoms. The summed E-state index contributed by atoms with van der Waals surface area (Å²) in [6.45, 7) is 1.80. The summed E-state index contributed by atoms with van der Waals surface area (Å²) in [5.41, 5.74) is -0.871. The summed E-state index contributed by atoms with van der Waals surface area (Å²) >= 11 is 0. The first-order chi connectivity index (χ1) is 22.5. The minimum atomic E-state index is -3.45. The fourth-order valence-corrected chi connectivity index (χ4v) is 9.75. The van der Waals surface area contributed by atoms with Gasteiger partial charge in [-0.05, 0) is 54.6 Å². The molecule has 4 saturated heterocycles. The number of hydrogen-bond acceptors (Lipinski definition) is 9. The standard InChI is InChI=1S/C33H32F4N4O5S/c34-20-16-32(6-1-9-41(32)17-20)18-45-31-38-29-23(30(39-31)40-10-7-33(8-11-40)46-12-13-47(33,43)44)4-3-22(27(29)36)24-15-21(42)14-19-2-5-25(35)28(37)26(19)24/h2-5,14-15,20,42H,1,6-13,16-18H2/t20-,32+/m1/s1. The summed E-state index contributed by atoms with van der Waals surface area (Å²) in [5.74, 6) is -3.16. The van der Waals surface area contributed by atoms with Gasteiger partial charge >= 0.3 is 6.01 Å². The van der Waals surface area contributed by atoms with E-state index in [1.807, 2.05) is 4.90 Å². The van der Waals surface area contributed by atoms with Crippen LogP contribution in [0.4, 0.5) is 23.4 Å². The molecule has 0 amide bonds. The zero-order chi connectivity index (χ0) is 32.7. The molecular formula is C33H32F4N4O5S. The number of halogens is 4. The van der Waals surface area contributed by atoms with E-state index in [0.29, 0.717) is 24.2 Å². The number of alkyl halides is 1. The highest BCUT2D eigenvalue weighted by molar-refractivity contribution is 7.92. The SMILES string of the molecule is O=S1(=O)CCOC12CCN(c1nc(OC[C@@]34CCCN3C[C@H](F)C4)nc3c(F)c(-c4cc(O)cc5ccc(F)c(F)c45)ccc13)CC2. The Morgan fingerprint density at radius 3 is 2.57 bits per heavy atom. The lowest BCUT2D eigenvalue weighted by Crippen LogP contribution is -2.48. The Morgan fingerprint density at radius 1 is 1.00 bits per heavy atom. The van der Waals surface area contributed by atoms with Gasteiger partial charge in [0, 0.05) is 55.2 Å². The fraction of sp³-hybridized carbons (Fsp3) is 0.455. The van der Waals surface area contributed by atoms with Crippen molar-refractivity contribution < 1.29 is 40.6 Å². The third-order valence-electron chi connectivity index (χ3n) is 10.4. The molecule has 1 N–H and O–H groups in total. The molecule has 0 aliphatic carbocycles. The Kier molecular flexibility index (Phi) is 7.08.